The van der Waals surface area contributed by atoms with E-state index < -0.39 is 0 Å². The van der Waals surface area contributed by atoms with Gasteiger partial charge < -0.3 is 4.74 Å². The standard InChI is InChI=1S/C15H22O3/c1-9-4-6-12-11(3)15(17)18-14(12)8-10(2)13(16)7-5-9/h5,10-12,14H,4,6-8H2,1-3H3/b9-5+/t10-,11-,12-,14-/m1/s1. The van der Waals surface area contributed by atoms with Crippen LogP contribution in [0.15, 0.2) is 11.6 Å². The third-order valence-corrected chi connectivity index (χ3v) is 4.42. The average Bonchev–Trinajstić information content (AvgIpc) is 2.59. The van der Waals surface area contributed by atoms with Crippen LogP contribution in [0, 0.1) is 17.8 Å². The Morgan fingerprint density at radius 1 is 1.28 bits per heavy atom. The van der Waals surface area contributed by atoms with Crippen molar-refractivity contribution in [2.75, 3.05) is 0 Å². The van der Waals surface area contributed by atoms with Crippen LogP contribution in [0.25, 0.3) is 0 Å². The van der Waals surface area contributed by atoms with E-state index in [1.54, 1.807) is 0 Å². The number of allylic oxidation sites excluding steroid dienone is 2. The minimum atomic E-state index is -0.0921. The lowest BCUT2D eigenvalue weighted by molar-refractivity contribution is -0.145. The molecule has 0 radical (unpaired) electrons. The number of esters is 1. The van der Waals surface area contributed by atoms with Gasteiger partial charge in [-0.3, -0.25) is 9.59 Å². The number of fused-ring (bicyclic) bond motifs is 1. The zero-order valence-electron chi connectivity index (χ0n) is 11.4. The second kappa shape index (κ2) is 5.25. The summed E-state index contributed by atoms with van der Waals surface area (Å²) in [6.45, 7) is 5.96. The fraction of sp³-hybridized carbons (Fsp3) is 0.733. The Morgan fingerprint density at radius 3 is 2.72 bits per heavy atom. The van der Waals surface area contributed by atoms with Crippen molar-refractivity contribution in [3.05, 3.63) is 11.6 Å². The van der Waals surface area contributed by atoms with E-state index >= 15 is 0 Å². The van der Waals surface area contributed by atoms with E-state index in [4.69, 9.17) is 4.74 Å². The molecule has 1 aliphatic heterocycles. The molecule has 0 unspecified atom stereocenters. The summed E-state index contributed by atoms with van der Waals surface area (Å²) >= 11 is 0. The van der Waals surface area contributed by atoms with Crippen LogP contribution in [0.3, 0.4) is 0 Å². The van der Waals surface area contributed by atoms with Crippen molar-refractivity contribution in [2.24, 2.45) is 17.8 Å². The highest BCUT2D eigenvalue weighted by molar-refractivity contribution is 5.82. The Labute approximate surface area is 109 Å². The third kappa shape index (κ3) is 2.65. The van der Waals surface area contributed by atoms with Gasteiger partial charge in [0.25, 0.3) is 0 Å². The van der Waals surface area contributed by atoms with E-state index in [1.165, 1.54) is 5.57 Å². The number of ketones is 1. The lowest BCUT2D eigenvalue weighted by Crippen LogP contribution is -2.25. The van der Waals surface area contributed by atoms with Crippen molar-refractivity contribution >= 4 is 11.8 Å². The van der Waals surface area contributed by atoms with Crippen molar-refractivity contribution in [2.45, 2.75) is 52.6 Å². The summed E-state index contributed by atoms with van der Waals surface area (Å²) in [7, 11) is 0. The summed E-state index contributed by atoms with van der Waals surface area (Å²) in [5, 5.41) is 0. The zero-order chi connectivity index (χ0) is 13.3. The molecule has 1 aliphatic carbocycles. The zero-order valence-corrected chi connectivity index (χ0v) is 11.4. The molecule has 0 bridgehead atoms. The molecule has 0 spiro atoms. The molecule has 3 heteroatoms. The minimum Gasteiger partial charge on any atom is -0.462 e. The van der Waals surface area contributed by atoms with Crippen LogP contribution < -0.4 is 0 Å². The first-order valence-electron chi connectivity index (χ1n) is 6.88. The van der Waals surface area contributed by atoms with Crippen LogP contribution in [0.4, 0.5) is 0 Å². The number of carbonyl (C=O) groups is 2. The molecule has 0 aromatic heterocycles. The lowest BCUT2D eigenvalue weighted by Gasteiger charge is -2.23. The molecule has 1 heterocycles. The number of Topliss-reactive ketones (excluding diaryl/α,β-unsaturated/α-hetero) is 1. The van der Waals surface area contributed by atoms with Crippen molar-refractivity contribution < 1.29 is 14.3 Å². The first-order valence-corrected chi connectivity index (χ1v) is 6.88. The number of hydrogen-bond acceptors (Lipinski definition) is 3. The second-order valence-electron chi connectivity index (χ2n) is 5.82. The van der Waals surface area contributed by atoms with Crippen LogP contribution >= 0.6 is 0 Å². The Bertz CT molecular complexity index is 383. The Morgan fingerprint density at radius 2 is 2.00 bits per heavy atom. The molecule has 2 rings (SSSR count). The molecule has 0 aromatic rings. The molecule has 0 aromatic carbocycles. The van der Waals surface area contributed by atoms with Gasteiger partial charge in [0, 0.05) is 18.3 Å². The monoisotopic (exact) mass is 250 g/mol. The molecule has 0 amide bonds. The van der Waals surface area contributed by atoms with E-state index in [2.05, 4.69) is 6.92 Å². The van der Waals surface area contributed by atoms with E-state index in [0.29, 0.717) is 12.8 Å². The smallest absolute Gasteiger partial charge is 0.309 e. The highest BCUT2D eigenvalue weighted by atomic mass is 16.6. The molecule has 18 heavy (non-hydrogen) atoms. The van der Waals surface area contributed by atoms with E-state index in [9.17, 15) is 9.59 Å². The number of hydrogen-bond donors (Lipinski definition) is 0. The molecule has 2 aliphatic rings. The summed E-state index contributed by atoms with van der Waals surface area (Å²) in [4.78, 5) is 23.6. The van der Waals surface area contributed by atoms with Gasteiger partial charge in [-0.25, -0.2) is 0 Å². The minimum absolute atomic E-state index is 0.0160. The summed E-state index contributed by atoms with van der Waals surface area (Å²) in [6, 6.07) is 0. The number of carbonyl (C=O) groups excluding carboxylic acids is 2. The van der Waals surface area contributed by atoms with Crippen LogP contribution in [0.1, 0.15) is 46.5 Å². The van der Waals surface area contributed by atoms with Crippen LogP contribution in [-0.4, -0.2) is 17.9 Å². The maximum absolute atomic E-state index is 11.9. The fourth-order valence-electron chi connectivity index (χ4n) is 2.95. The van der Waals surface area contributed by atoms with Crippen LogP contribution in [0.5, 0.6) is 0 Å². The topological polar surface area (TPSA) is 43.4 Å². The van der Waals surface area contributed by atoms with Crippen LogP contribution in [-0.2, 0) is 14.3 Å². The van der Waals surface area contributed by atoms with Crippen molar-refractivity contribution in [1.29, 1.82) is 0 Å². The van der Waals surface area contributed by atoms with Gasteiger partial charge in [-0.2, -0.15) is 0 Å². The third-order valence-electron chi connectivity index (χ3n) is 4.42. The van der Waals surface area contributed by atoms with Gasteiger partial charge in [-0.05, 0) is 26.2 Å². The summed E-state index contributed by atoms with van der Waals surface area (Å²) in [5.41, 5.74) is 1.25. The van der Waals surface area contributed by atoms with Crippen molar-refractivity contribution in [1.82, 2.24) is 0 Å². The Balaban J connectivity index is 2.19. The van der Waals surface area contributed by atoms with E-state index in [0.717, 1.165) is 12.8 Å². The molecular weight excluding hydrogens is 228 g/mol. The fourth-order valence-corrected chi connectivity index (χ4v) is 2.95. The second-order valence-corrected chi connectivity index (χ2v) is 5.82. The van der Waals surface area contributed by atoms with Gasteiger partial charge >= 0.3 is 5.97 Å². The van der Waals surface area contributed by atoms with Crippen LogP contribution in [0.2, 0.25) is 0 Å². The number of ether oxygens (including phenoxy) is 1. The van der Waals surface area contributed by atoms with Gasteiger partial charge in [0.2, 0.25) is 0 Å². The predicted octanol–water partition coefficient (Wildman–Crippen LogP) is 2.89. The molecule has 3 nitrogen and oxygen atoms in total. The molecule has 0 N–H and O–H groups in total. The normalized spacial score (nSPS) is 40.7. The quantitative estimate of drug-likeness (QED) is 0.490. The predicted molar refractivity (Wildman–Crippen MR) is 68.9 cm³/mol. The van der Waals surface area contributed by atoms with Gasteiger partial charge in [-0.1, -0.05) is 25.5 Å². The number of rotatable bonds is 0. The molecule has 100 valence electrons. The summed E-state index contributed by atoms with van der Waals surface area (Å²) in [6.07, 6.45) is 5.14. The largest absolute Gasteiger partial charge is 0.462 e. The molecule has 4 atom stereocenters. The van der Waals surface area contributed by atoms with Gasteiger partial charge in [-0.15, -0.1) is 0 Å². The van der Waals surface area contributed by atoms with E-state index in [-0.39, 0.29) is 35.6 Å². The highest BCUT2D eigenvalue weighted by Crippen LogP contribution is 2.36. The molecule has 1 fully saturated rings. The lowest BCUT2D eigenvalue weighted by atomic mass is 9.81. The highest BCUT2D eigenvalue weighted by Gasteiger charge is 2.42. The average molecular weight is 250 g/mol. The SMILES string of the molecule is C/C1=C\CC(=O)[C@H](C)C[C@H]2OC(=O)[C@H](C)[C@H]2CC1. The van der Waals surface area contributed by atoms with Gasteiger partial charge in [0.1, 0.15) is 11.9 Å². The van der Waals surface area contributed by atoms with Crippen molar-refractivity contribution in [3.63, 3.8) is 0 Å². The first-order chi connectivity index (χ1) is 8.49. The molecular formula is C15H22O3. The van der Waals surface area contributed by atoms with E-state index in [1.807, 2.05) is 19.9 Å². The Hall–Kier alpha value is -1.12. The maximum atomic E-state index is 11.9. The Kier molecular flexibility index (Phi) is 3.88. The first kappa shape index (κ1) is 13.3. The molecule has 0 saturated carbocycles. The van der Waals surface area contributed by atoms with Crippen molar-refractivity contribution in [3.8, 4) is 0 Å². The summed E-state index contributed by atoms with van der Waals surface area (Å²) in [5.74, 6) is 0.396. The van der Waals surface area contributed by atoms with Gasteiger partial charge in [0.05, 0.1) is 5.92 Å². The maximum Gasteiger partial charge on any atom is 0.309 e. The summed E-state index contributed by atoms with van der Waals surface area (Å²) < 4.78 is 5.45. The molecule has 1 saturated heterocycles. The van der Waals surface area contributed by atoms with Gasteiger partial charge in [0.15, 0.2) is 0 Å².